The quantitative estimate of drug-likeness (QED) is 0.763. The topological polar surface area (TPSA) is 26.3 Å². The molecule has 0 radical (unpaired) electrons. The number of hydrogen-bond donors (Lipinski definition) is 0. The Morgan fingerprint density at radius 2 is 2.15 bits per heavy atom. The number of hydrogen-bond acceptors (Lipinski definition) is 2. The van der Waals surface area contributed by atoms with Gasteiger partial charge in [0.25, 0.3) is 0 Å². The first kappa shape index (κ1) is 10.3. The molecule has 1 rings (SSSR count). The van der Waals surface area contributed by atoms with Crippen molar-refractivity contribution in [3.63, 3.8) is 0 Å². The Bertz CT molecular complexity index is 298. The third-order valence-electron chi connectivity index (χ3n) is 1.67. The van der Waals surface area contributed by atoms with Gasteiger partial charge >= 0.3 is 0 Å². The third-order valence-corrected chi connectivity index (χ3v) is 2.26. The molecular weight excluding hydrogens is 232 g/mol. The van der Waals surface area contributed by atoms with E-state index in [-0.39, 0.29) is 6.61 Å². The van der Waals surface area contributed by atoms with Crippen molar-refractivity contribution in [3.05, 3.63) is 27.7 Å². The molecule has 0 N–H and O–H groups in total. The van der Waals surface area contributed by atoms with Crippen LogP contribution in [-0.2, 0) is 4.79 Å². The lowest BCUT2D eigenvalue weighted by atomic mass is 10.1. The van der Waals surface area contributed by atoms with Gasteiger partial charge in [-0.1, -0.05) is 6.07 Å². The SMILES string of the molecule is Cc1cc(C)c(OCC=O)c(Br)c1. The molecule has 0 saturated heterocycles. The van der Waals surface area contributed by atoms with Crippen molar-refractivity contribution in [3.8, 4) is 5.75 Å². The molecule has 70 valence electrons. The van der Waals surface area contributed by atoms with Crippen molar-refractivity contribution in [1.82, 2.24) is 0 Å². The largest absolute Gasteiger partial charge is 0.485 e. The predicted octanol–water partition coefficient (Wildman–Crippen LogP) is 2.64. The van der Waals surface area contributed by atoms with E-state index in [4.69, 9.17) is 4.74 Å². The summed E-state index contributed by atoms with van der Waals surface area (Å²) >= 11 is 3.39. The highest BCUT2D eigenvalue weighted by atomic mass is 79.9. The maximum atomic E-state index is 10.1. The maximum Gasteiger partial charge on any atom is 0.157 e. The van der Waals surface area contributed by atoms with Crippen LogP contribution >= 0.6 is 15.9 Å². The highest BCUT2D eigenvalue weighted by Crippen LogP contribution is 2.29. The number of carbonyl (C=O) groups excluding carboxylic acids is 1. The lowest BCUT2D eigenvalue weighted by molar-refractivity contribution is -0.109. The van der Waals surface area contributed by atoms with Gasteiger partial charge < -0.3 is 4.74 Å². The number of aldehydes is 1. The summed E-state index contributed by atoms with van der Waals surface area (Å²) in [5, 5.41) is 0. The van der Waals surface area contributed by atoms with Crippen LogP contribution in [0.15, 0.2) is 16.6 Å². The molecule has 0 aliphatic heterocycles. The molecule has 0 bridgehead atoms. The molecule has 0 saturated carbocycles. The second-order valence-corrected chi connectivity index (χ2v) is 3.72. The molecule has 0 heterocycles. The average Bonchev–Trinajstić information content (AvgIpc) is 2.02. The highest BCUT2D eigenvalue weighted by Gasteiger charge is 2.05. The van der Waals surface area contributed by atoms with Crippen LogP contribution in [0.4, 0.5) is 0 Å². The molecule has 2 nitrogen and oxygen atoms in total. The molecule has 0 amide bonds. The van der Waals surface area contributed by atoms with Crippen LogP contribution in [0.2, 0.25) is 0 Å². The summed E-state index contributed by atoms with van der Waals surface area (Å²) in [6, 6.07) is 3.98. The molecule has 0 unspecified atom stereocenters. The van der Waals surface area contributed by atoms with Crippen LogP contribution < -0.4 is 4.74 Å². The van der Waals surface area contributed by atoms with E-state index >= 15 is 0 Å². The molecule has 0 aliphatic rings. The minimum Gasteiger partial charge on any atom is -0.485 e. The van der Waals surface area contributed by atoms with Gasteiger partial charge in [0, 0.05) is 0 Å². The monoisotopic (exact) mass is 242 g/mol. The van der Waals surface area contributed by atoms with Gasteiger partial charge in [0.05, 0.1) is 4.47 Å². The van der Waals surface area contributed by atoms with E-state index in [1.165, 1.54) is 5.56 Å². The molecule has 0 aliphatic carbocycles. The van der Waals surface area contributed by atoms with E-state index in [1.807, 2.05) is 26.0 Å². The molecule has 0 aromatic heterocycles. The molecular formula is C10H11BrO2. The zero-order valence-corrected chi connectivity index (χ0v) is 9.22. The highest BCUT2D eigenvalue weighted by molar-refractivity contribution is 9.10. The van der Waals surface area contributed by atoms with E-state index in [9.17, 15) is 4.79 Å². The second-order valence-electron chi connectivity index (χ2n) is 2.87. The zero-order valence-electron chi connectivity index (χ0n) is 7.63. The predicted molar refractivity (Wildman–Crippen MR) is 55.2 cm³/mol. The molecule has 13 heavy (non-hydrogen) atoms. The molecule has 0 fully saturated rings. The smallest absolute Gasteiger partial charge is 0.157 e. The van der Waals surface area contributed by atoms with Crippen LogP contribution in [0.25, 0.3) is 0 Å². The summed E-state index contributed by atoms with van der Waals surface area (Å²) in [6.45, 7) is 4.07. The summed E-state index contributed by atoms with van der Waals surface area (Å²) in [5.41, 5.74) is 2.21. The van der Waals surface area contributed by atoms with Crippen LogP contribution in [0.1, 0.15) is 11.1 Å². The van der Waals surface area contributed by atoms with E-state index in [0.717, 1.165) is 22.1 Å². The average molecular weight is 243 g/mol. The van der Waals surface area contributed by atoms with Crippen LogP contribution in [0.5, 0.6) is 5.75 Å². The minimum atomic E-state index is 0.0997. The molecule has 1 aromatic rings. The van der Waals surface area contributed by atoms with Gasteiger partial charge in [0.1, 0.15) is 12.4 Å². The number of rotatable bonds is 3. The van der Waals surface area contributed by atoms with Crippen molar-refractivity contribution < 1.29 is 9.53 Å². The molecule has 3 heteroatoms. The fraction of sp³-hybridized carbons (Fsp3) is 0.300. The first-order chi connectivity index (χ1) is 6.15. The van der Waals surface area contributed by atoms with E-state index in [1.54, 1.807) is 0 Å². The van der Waals surface area contributed by atoms with Gasteiger partial charge in [0.2, 0.25) is 0 Å². The number of aryl methyl sites for hydroxylation is 2. The van der Waals surface area contributed by atoms with E-state index < -0.39 is 0 Å². The molecule has 0 atom stereocenters. The zero-order chi connectivity index (χ0) is 9.84. The Hall–Kier alpha value is -0.830. The first-order valence-corrected chi connectivity index (χ1v) is 4.77. The van der Waals surface area contributed by atoms with Crippen LogP contribution in [0, 0.1) is 13.8 Å². The number of benzene rings is 1. The Balaban J connectivity index is 2.98. The summed E-state index contributed by atoms with van der Waals surface area (Å²) in [7, 11) is 0. The summed E-state index contributed by atoms with van der Waals surface area (Å²) in [4.78, 5) is 10.1. The van der Waals surface area contributed by atoms with E-state index in [2.05, 4.69) is 15.9 Å². The van der Waals surface area contributed by atoms with Crippen molar-refractivity contribution >= 4 is 22.2 Å². The standard InChI is InChI=1S/C10H11BrO2/c1-7-5-8(2)10(9(11)6-7)13-4-3-12/h3,5-6H,4H2,1-2H3. The Morgan fingerprint density at radius 3 is 2.69 bits per heavy atom. The maximum absolute atomic E-state index is 10.1. The van der Waals surface area contributed by atoms with Crippen LogP contribution in [-0.4, -0.2) is 12.9 Å². The normalized spacial score (nSPS) is 9.77. The number of carbonyl (C=O) groups is 1. The second kappa shape index (κ2) is 4.42. The van der Waals surface area contributed by atoms with E-state index in [0.29, 0.717) is 0 Å². The van der Waals surface area contributed by atoms with Gasteiger partial charge in [-0.2, -0.15) is 0 Å². The van der Waals surface area contributed by atoms with Gasteiger partial charge in [-0.15, -0.1) is 0 Å². The van der Waals surface area contributed by atoms with Gasteiger partial charge in [0.15, 0.2) is 6.29 Å². The molecule has 0 spiro atoms. The molecule has 1 aromatic carbocycles. The summed E-state index contributed by atoms with van der Waals surface area (Å²) < 4.78 is 6.15. The Labute approximate surface area is 86.0 Å². The lowest BCUT2D eigenvalue weighted by Crippen LogP contribution is -2.00. The van der Waals surface area contributed by atoms with Gasteiger partial charge in [-0.05, 0) is 47.0 Å². The van der Waals surface area contributed by atoms with Crippen molar-refractivity contribution in [2.75, 3.05) is 6.61 Å². The summed E-state index contributed by atoms with van der Waals surface area (Å²) in [5.74, 6) is 0.748. The van der Waals surface area contributed by atoms with Crippen molar-refractivity contribution in [2.45, 2.75) is 13.8 Å². The van der Waals surface area contributed by atoms with Gasteiger partial charge in [-0.25, -0.2) is 0 Å². The first-order valence-electron chi connectivity index (χ1n) is 3.98. The van der Waals surface area contributed by atoms with Crippen LogP contribution in [0.3, 0.4) is 0 Å². The minimum absolute atomic E-state index is 0.0997. The summed E-state index contributed by atoms with van der Waals surface area (Å²) in [6.07, 6.45) is 0.742. The number of ether oxygens (including phenoxy) is 1. The Morgan fingerprint density at radius 1 is 1.46 bits per heavy atom. The fourth-order valence-corrected chi connectivity index (χ4v) is 1.99. The van der Waals surface area contributed by atoms with Crippen molar-refractivity contribution in [1.29, 1.82) is 0 Å². The third kappa shape index (κ3) is 2.56. The lowest BCUT2D eigenvalue weighted by Gasteiger charge is -2.09. The van der Waals surface area contributed by atoms with Crippen molar-refractivity contribution in [2.24, 2.45) is 0 Å². The van der Waals surface area contributed by atoms with Gasteiger partial charge in [-0.3, -0.25) is 4.79 Å². The Kier molecular flexibility index (Phi) is 3.48. The fourth-order valence-electron chi connectivity index (χ4n) is 1.20. The number of halogens is 1.